The van der Waals surface area contributed by atoms with Gasteiger partial charge in [0, 0.05) is 12.2 Å². The van der Waals surface area contributed by atoms with Crippen LogP contribution in [0.2, 0.25) is 0 Å². The maximum atomic E-state index is 8.42. The second-order valence-corrected chi connectivity index (χ2v) is 2.38. The van der Waals surface area contributed by atoms with E-state index >= 15 is 0 Å². The maximum absolute atomic E-state index is 8.42. The zero-order valence-corrected chi connectivity index (χ0v) is 6.28. The van der Waals surface area contributed by atoms with Gasteiger partial charge in [-0.05, 0) is 18.6 Å². The molecular weight excluding hydrogens is 138 g/mol. The van der Waals surface area contributed by atoms with E-state index in [1.54, 1.807) is 12.3 Å². The first-order chi connectivity index (χ1) is 5.24. The molecule has 0 aromatic carbocycles. The van der Waals surface area contributed by atoms with Crippen LogP contribution in [-0.4, -0.2) is 4.98 Å². The Labute approximate surface area is 65.5 Å². The lowest BCUT2D eigenvalue weighted by atomic mass is 10.1. The van der Waals surface area contributed by atoms with Gasteiger partial charge in [-0.3, -0.25) is 0 Å². The predicted molar refractivity (Wildman–Crippen MR) is 41.6 cm³/mol. The van der Waals surface area contributed by atoms with Crippen molar-refractivity contribution >= 4 is 0 Å². The second kappa shape index (κ2) is 3.13. The van der Waals surface area contributed by atoms with Gasteiger partial charge in [0.1, 0.15) is 11.8 Å². The van der Waals surface area contributed by atoms with Crippen LogP contribution in [0.15, 0.2) is 18.3 Å². The highest BCUT2D eigenvalue weighted by molar-refractivity contribution is 5.24. The molecule has 0 aliphatic carbocycles. The molecule has 0 saturated carbocycles. The summed E-state index contributed by atoms with van der Waals surface area (Å²) in [5.41, 5.74) is 6.96. The largest absolute Gasteiger partial charge is 0.324 e. The molecule has 3 heteroatoms. The number of rotatable bonds is 1. The molecule has 11 heavy (non-hydrogen) atoms. The number of hydrogen-bond acceptors (Lipinski definition) is 3. The molecule has 0 bridgehead atoms. The molecule has 3 nitrogen and oxygen atoms in total. The van der Waals surface area contributed by atoms with Crippen LogP contribution >= 0.6 is 0 Å². The molecule has 0 aliphatic rings. The van der Waals surface area contributed by atoms with Crippen molar-refractivity contribution in [3.8, 4) is 6.07 Å². The lowest BCUT2D eigenvalue weighted by Crippen LogP contribution is -2.05. The molecule has 56 valence electrons. The van der Waals surface area contributed by atoms with Crippen molar-refractivity contribution in [2.45, 2.75) is 13.0 Å². The van der Waals surface area contributed by atoms with Crippen LogP contribution in [0.1, 0.15) is 24.2 Å². The molecule has 0 saturated heterocycles. The Bertz CT molecular complexity index is 268. The zero-order chi connectivity index (χ0) is 8.27. The highest BCUT2D eigenvalue weighted by atomic mass is 14.7. The van der Waals surface area contributed by atoms with E-state index in [9.17, 15) is 0 Å². The summed E-state index contributed by atoms with van der Waals surface area (Å²) in [6, 6.07) is 5.40. The Morgan fingerprint density at radius 2 is 2.36 bits per heavy atom. The monoisotopic (exact) mass is 147 g/mol. The smallest absolute Gasteiger partial charge is 0.140 e. The lowest BCUT2D eigenvalue weighted by molar-refractivity contribution is 0.811. The fourth-order valence-electron chi connectivity index (χ4n) is 0.741. The minimum absolute atomic E-state index is 0.0183. The summed E-state index contributed by atoms with van der Waals surface area (Å²) in [5, 5.41) is 8.42. The number of aromatic nitrogens is 1. The van der Waals surface area contributed by atoms with Gasteiger partial charge in [-0.25, -0.2) is 4.98 Å². The van der Waals surface area contributed by atoms with E-state index in [2.05, 4.69) is 4.98 Å². The van der Waals surface area contributed by atoms with Gasteiger partial charge >= 0.3 is 0 Å². The van der Waals surface area contributed by atoms with Crippen molar-refractivity contribution in [3.05, 3.63) is 29.6 Å². The highest BCUT2D eigenvalue weighted by Gasteiger charge is 1.98. The van der Waals surface area contributed by atoms with E-state index in [-0.39, 0.29) is 6.04 Å². The quantitative estimate of drug-likeness (QED) is 0.643. The first-order valence-electron chi connectivity index (χ1n) is 3.35. The Hall–Kier alpha value is -1.40. The Kier molecular flexibility index (Phi) is 2.19. The average molecular weight is 147 g/mol. The van der Waals surface area contributed by atoms with Crippen molar-refractivity contribution in [1.82, 2.24) is 4.98 Å². The van der Waals surface area contributed by atoms with E-state index in [4.69, 9.17) is 11.0 Å². The Morgan fingerprint density at radius 3 is 2.73 bits per heavy atom. The van der Waals surface area contributed by atoms with Gasteiger partial charge in [-0.15, -0.1) is 0 Å². The van der Waals surface area contributed by atoms with Gasteiger partial charge in [0.05, 0.1) is 0 Å². The SMILES string of the molecule is CC(N)c1ccc(C#N)nc1. The van der Waals surface area contributed by atoms with Crippen molar-refractivity contribution in [2.75, 3.05) is 0 Å². The third-order valence-corrected chi connectivity index (χ3v) is 1.43. The summed E-state index contributed by atoms with van der Waals surface area (Å²) in [5.74, 6) is 0. The van der Waals surface area contributed by atoms with Crippen LogP contribution in [0, 0.1) is 11.3 Å². The lowest BCUT2D eigenvalue weighted by Gasteiger charge is -2.02. The highest BCUT2D eigenvalue weighted by Crippen LogP contribution is 2.06. The summed E-state index contributed by atoms with van der Waals surface area (Å²) in [6.07, 6.45) is 1.63. The van der Waals surface area contributed by atoms with E-state index in [1.807, 2.05) is 19.1 Å². The topological polar surface area (TPSA) is 62.7 Å². The summed E-state index contributed by atoms with van der Waals surface area (Å²) >= 11 is 0. The molecule has 2 N–H and O–H groups in total. The second-order valence-electron chi connectivity index (χ2n) is 2.38. The molecule has 1 atom stereocenters. The van der Waals surface area contributed by atoms with Gasteiger partial charge in [0.25, 0.3) is 0 Å². The van der Waals surface area contributed by atoms with Crippen molar-refractivity contribution in [3.63, 3.8) is 0 Å². The van der Waals surface area contributed by atoms with Crippen LogP contribution in [0.25, 0.3) is 0 Å². The fourth-order valence-corrected chi connectivity index (χ4v) is 0.741. The van der Waals surface area contributed by atoms with Crippen molar-refractivity contribution in [2.24, 2.45) is 5.73 Å². The maximum Gasteiger partial charge on any atom is 0.140 e. The number of nitriles is 1. The molecular formula is C8H9N3. The molecule has 0 aliphatic heterocycles. The fraction of sp³-hybridized carbons (Fsp3) is 0.250. The predicted octanol–water partition coefficient (Wildman–Crippen LogP) is 0.973. The van der Waals surface area contributed by atoms with Gasteiger partial charge in [-0.1, -0.05) is 6.07 Å². The molecule has 1 rings (SSSR count). The molecule has 1 aromatic heterocycles. The van der Waals surface area contributed by atoms with Crippen LogP contribution in [0.3, 0.4) is 0 Å². The standard InChI is InChI=1S/C8H9N3/c1-6(10)7-2-3-8(4-9)11-5-7/h2-3,5-6H,10H2,1H3. The van der Waals surface area contributed by atoms with E-state index in [1.165, 1.54) is 0 Å². The molecule has 0 spiro atoms. The minimum Gasteiger partial charge on any atom is -0.324 e. The number of nitrogens with two attached hydrogens (primary N) is 1. The third kappa shape index (κ3) is 1.76. The minimum atomic E-state index is -0.0183. The first-order valence-corrected chi connectivity index (χ1v) is 3.35. The summed E-state index contributed by atoms with van der Waals surface area (Å²) < 4.78 is 0. The van der Waals surface area contributed by atoms with Crippen LogP contribution in [-0.2, 0) is 0 Å². The Morgan fingerprint density at radius 1 is 1.64 bits per heavy atom. The molecule has 1 aromatic rings. The first kappa shape index (κ1) is 7.70. The van der Waals surface area contributed by atoms with Crippen molar-refractivity contribution < 1.29 is 0 Å². The normalized spacial score (nSPS) is 12.1. The van der Waals surface area contributed by atoms with E-state index < -0.39 is 0 Å². The zero-order valence-electron chi connectivity index (χ0n) is 6.28. The van der Waals surface area contributed by atoms with Crippen LogP contribution in [0.4, 0.5) is 0 Å². The average Bonchev–Trinajstić information content (AvgIpc) is 2.05. The molecule has 0 fully saturated rings. The van der Waals surface area contributed by atoms with E-state index in [0.29, 0.717) is 5.69 Å². The number of pyridine rings is 1. The summed E-state index contributed by atoms with van der Waals surface area (Å²) in [4.78, 5) is 3.88. The summed E-state index contributed by atoms with van der Waals surface area (Å²) in [6.45, 7) is 1.88. The third-order valence-electron chi connectivity index (χ3n) is 1.43. The van der Waals surface area contributed by atoms with Gasteiger partial charge in [0.2, 0.25) is 0 Å². The van der Waals surface area contributed by atoms with Gasteiger partial charge in [0.15, 0.2) is 0 Å². The van der Waals surface area contributed by atoms with Gasteiger partial charge < -0.3 is 5.73 Å². The Balaban J connectivity index is 2.94. The molecule has 0 radical (unpaired) electrons. The van der Waals surface area contributed by atoms with E-state index in [0.717, 1.165) is 5.56 Å². The summed E-state index contributed by atoms with van der Waals surface area (Å²) in [7, 11) is 0. The van der Waals surface area contributed by atoms with Crippen LogP contribution in [0.5, 0.6) is 0 Å². The number of hydrogen-bond donors (Lipinski definition) is 1. The molecule has 1 heterocycles. The van der Waals surface area contributed by atoms with Crippen molar-refractivity contribution in [1.29, 1.82) is 5.26 Å². The van der Waals surface area contributed by atoms with Gasteiger partial charge in [-0.2, -0.15) is 5.26 Å². The number of nitrogens with zero attached hydrogens (tertiary/aromatic N) is 2. The molecule has 0 amide bonds. The van der Waals surface area contributed by atoms with Crippen LogP contribution < -0.4 is 5.73 Å². The molecule has 1 unspecified atom stereocenters.